The largest absolute Gasteiger partial charge is 0.325 e. The normalized spacial score (nSPS) is 10.5. The standard InChI is InChI=1S/C17H17Cl2NOS/c1-2-12-3-6-14(7-4-12)20-17(21)11-22-10-13-5-8-15(18)16(19)9-13/h3-9H,2,10-11H2,1H3,(H,20,21). The predicted molar refractivity (Wildman–Crippen MR) is 97.1 cm³/mol. The van der Waals surface area contributed by atoms with Crippen molar-refractivity contribution in [1.29, 1.82) is 0 Å². The second kappa shape index (κ2) is 8.47. The lowest BCUT2D eigenvalue weighted by Gasteiger charge is -2.06. The molecule has 1 N–H and O–H groups in total. The van der Waals surface area contributed by atoms with E-state index in [9.17, 15) is 4.79 Å². The molecule has 0 aliphatic carbocycles. The van der Waals surface area contributed by atoms with E-state index >= 15 is 0 Å². The van der Waals surface area contributed by atoms with E-state index in [-0.39, 0.29) is 5.91 Å². The van der Waals surface area contributed by atoms with E-state index in [0.717, 1.165) is 23.4 Å². The molecule has 116 valence electrons. The van der Waals surface area contributed by atoms with Crippen LogP contribution in [0.3, 0.4) is 0 Å². The molecule has 0 saturated carbocycles. The Labute approximate surface area is 145 Å². The lowest BCUT2D eigenvalue weighted by atomic mass is 10.1. The summed E-state index contributed by atoms with van der Waals surface area (Å²) >= 11 is 13.4. The van der Waals surface area contributed by atoms with Gasteiger partial charge in [0.05, 0.1) is 15.8 Å². The van der Waals surface area contributed by atoms with Crippen LogP contribution in [0.4, 0.5) is 5.69 Å². The predicted octanol–water partition coefficient (Wildman–Crippen LogP) is 5.43. The molecule has 22 heavy (non-hydrogen) atoms. The van der Waals surface area contributed by atoms with Gasteiger partial charge in [0, 0.05) is 11.4 Å². The second-order valence-corrected chi connectivity index (χ2v) is 6.64. The van der Waals surface area contributed by atoms with E-state index in [4.69, 9.17) is 23.2 Å². The Hall–Kier alpha value is -1.16. The SMILES string of the molecule is CCc1ccc(NC(=O)CSCc2ccc(Cl)c(Cl)c2)cc1. The Morgan fingerprint density at radius 1 is 1.05 bits per heavy atom. The first-order valence-corrected chi connectivity index (χ1v) is 8.90. The molecule has 2 rings (SSSR count). The maximum Gasteiger partial charge on any atom is 0.234 e. The topological polar surface area (TPSA) is 29.1 Å². The summed E-state index contributed by atoms with van der Waals surface area (Å²) in [5.74, 6) is 1.11. The van der Waals surface area contributed by atoms with E-state index in [2.05, 4.69) is 12.2 Å². The van der Waals surface area contributed by atoms with Gasteiger partial charge in [-0.3, -0.25) is 4.79 Å². The highest BCUT2D eigenvalue weighted by atomic mass is 35.5. The van der Waals surface area contributed by atoms with Crippen LogP contribution in [0.25, 0.3) is 0 Å². The van der Waals surface area contributed by atoms with E-state index in [0.29, 0.717) is 15.8 Å². The van der Waals surface area contributed by atoms with Gasteiger partial charge in [0.15, 0.2) is 0 Å². The molecular weight excluding hydrogens is 337 g/mol. The summed E-state index contributed by atoms with van der Waals surface area (Å²) in [6.45, 7) is 2.10. The van der Waals surface area contributed by atoms with Crippen molar-refractivity contribution >= 4 is 46.6 Å². The second-order valence-electron chi connectivity index (χ2n) is 4.84. The molecule has 0 unspecified atom stereocenters. The molecule has 0 bridgehead atoms. The first-order valence-electron chi connectivity index (χ1n) is 6.99. The third kappa shape index (κ3) is 5.24. The Bertz CT molecular complexity index is 644. The summed E-state index contributed by atoms with van der Waals surface area (Å²) in [4.78, 5) is 11.9. The summed E-state index contributed by atoms with van der Waals surface area (Å²) in [7, 11) is 0. The van der Waals surface area contributed by atoms with Gasteiger partial charge in [-0.05, 0) is 41.8 Å². The Morgan fingerprint density at radius 2 is 1.73 bits per heavy atom. The number of anilines is 1. The van der Waals surface area contributed by atoms with Crippen LogP contribution in [0.15, 0.2) is 42.5 Å². The van der Waals surface area contributed by atoms with Gasteiger partial charge in [-0.1, -0.05) is 48.3 Å². The summed E-state index contributed by atoms with van der Waals surface area (Å²) < 4.78 is 0. The number of halogens is 2. The highest BCUT2D eigenvalue weighted by Crippen LogP contribution is 2.24. The molecule has 0 aromatic heterocycles. The van der Waals surface area contributed by atoms with Crippen LogP contribution in [0, 0.1) is 0 Å². The highest BCUT2D eigenvalue weighted by molar-refractivity contribution is 7.99. The van der Waals surface area contributed by atoms with Gasteiger partial charge in [0.25, 0.3) is 0 Å². The van der Waals surface area contributed by atoms with Gasteiger partial charge in [-0.2, -0.15) is 0 Å². The number of amides is 1. The smallest absolute Gasteiger partial charge is 0.234 e. The number of rotatable bonds is 6. The van der Waals surface area contributed by atoms with Gasteiger partial charge < -0.3 is 5.32 Å². The van der Waals surface area contributed by atoms with Crippen LogP contribution in [0.5, 0.6) is 0 Å². The van der Waals surface area contributed by atoms with Crippen molar-refractivity contribution in [2.75, 3.05) is 11.1 Å². The van der Waals surface area contributed by atoms with E-state index in [1.165, 1.54) is 5.56 Å². The third-order valence-corrected chi connectivity index (χ3v) is 4.87. The summed E-state index contributed by atoms with van der Waals surface area (Å²) in [5, 5.41) is 3.98. The fourth-order valence-electron chi connectivity index (χ4n) is 1.91. The maximum absolute atomic E-state index is 11.9. The van der Waals surface area contributed by atoms with Crippen LogP contribution in [-0.2, 0) is 17.0 Å². The van der Waals surface area contributed by atoms with Gasteiger partial charge in [-0.25, -0.2) is 0 Å². The molecule has 0 radical (unpaired) electrons. The zero-order valence-electron chi connectivity index (χ0n) is 12.2. The van der Waals surface area contributed by atoms with Gasteiger partial charge in [-0.15, -0.1) is 11.8 Å². The molecule has 5 heteroatoms. The van der Waals surface area contributed by atoms with Gasteiger partial charge >= 0.3 is 0 Å². The summed E-state index contributed by atoms with van der Waals surface area (Å²) in [6.07, 6.45) is 0.994. The monoisotopic (exact) mass is 353 g/mol. The quantitative estimate of drug-likeness (QED) is 0.750. The van der Waals surface area contributed by atoms with E-state index < -0.39 is 0 Å². The minimum Gasteiger partial charge on any atom is -0.325 e. The van der Waals surface area contributed by atoms with E-state index in [1.807, 2.05) is 36.4 Å². The zero-order valence-corrected chi connectivity index (χ0v) is 14.6. The number of hydrogen-bond donors (Lipinski definition) is 1. The van der Waals surface area contributed by atoms with Crippen molar-refractivity contribution in [3.05, 3.63) is 63.6 Å². The Kier molecular flexibility index (Phi) is 6.62. The fourth-order valence-corrected chi connectivity index (χ4v) is 3.01. The molecular formula is C17H17Cl2NOS. The number of hydrogen-bond acceptors (Lipinski definition) is 2. The molecule has 2 nitrogen and oxygen atoms in total. The van der Waals surface area contributed by atoms with Crippen molar-refractivity contribution < 1.29 is 4.79 Å². The van der Waals surface area contributed by atoms with Crippen molar-refractivity contribution in [1.82, 2.24) is 0 Å². The number of aryl methyl sites for hydroxylation is 1. The molecule has 1 amide bonds. The third-order valence-electron chi connectivity index (χ3n) is 3.13. The fraction of sp³-hybridized carbons (Fsp3) is 0.235. The van der Waals surface area contributed by atoms with Crippen molar-refractivity contribution in [3.8, 4) is 0 Å². The average Bonchev–Trinajstić information content (AvgIpc) is 2.51. The first-order chi connectivity index (χ1) is 10.6. The molecule has 0 atom stereocenters. The molecule has 2 aromatic rings. The molecule has 0 aliphatic rings. The molecule has 0 saturated heterocycles. The average molecular weight is 354 g/mol. The Balaban J connectivity index is 1.78. The number of nitrogens with one attached hydrogen (secondary N) is 1. The number of carbonyl (C=O) groups is 1. The number of carbonyl (C=O) groups excluding carboxylic acids is 1. The van der Waals surface area contributed by atoms with Gasteiger partial charge in [0.1, 0.15) is 0 Å². The zero-order chi connectivity index (χ0) is 15.9. The van der Waals surface area contributed by atoms with E-state index in [1.54, 1.807) is 17.8 Å². The van der Waals surface area contributed by atoms with Gasteiger partial charge in [0.2, 0.25) is 5.91 Å². The molecule has 0 aliphatic heterocycles. The number of thioether (sulfide) groups is 1. The minimum atomic E-state index is -0.00527. The van der Waals surface area contributed by atoms with Crippen LogP contribution < -0.4 is 5.32 Å². The van der Waals surface area contributed by atoms with Crippen LogP contribution in [-0.4, -0.2) is 11.7 Å². The number of benzene rings is 2. The lowest BCUT2D eigenvalue weighted by Crippen LogP contribution is -2.14. The molecule has 0 heterocycles. The van der Waals surface area contributed by atoms with Crippen LogP contribution >= 0.6 is 35.0 Å². The molecule has 0 spiro atoms. The lowest BCUT2D eigenvalue weighted by molar-refractivity contribution is -0.113. The maximum atomic E-state index is 11.9. The summed E-state index contributed by atoms with van der Waals surface area (Å²) in [5.41, 5.74) is 3.14. The van der Waals surface area contributed by atoms with Crippen molar-refractivity contribution in [2.45, 2.75) is 19.1 Å². The Morgan fingerprint density at radius 3 is 2.36 bits per heavy atom. The molecule has 0 fully saturated rings. The first kappa shape index (κ1) is 17.2. The summed E-state index contributed by atoms with van der Waals surface area (Å²) in [6, 6.07) is 13.4. The molecule has 2 aromatic carbocycles. The van der Waals surface area contributed by atoms with Crippen LogP contribution in [0.1, 0.15) is 18.1 Å². The van der Waals surface area contributed by atoms with Crippen molar-refractivity contribution in [2.24, 2.45) is 0 Å². The minimum absolute atomic E-state index is 0.00527. The highest BCUT2D eigenvalue weighted by Gasteiger charge is 2.04. The van der Waals surface area contributed by atoms with Crippen molar-refractivity contribution in [3.63, 3.8) is 0 Å². The van der Waals surface area contributed by atoms with Crippen LogP contribution in [0.2, 0.25) is 10.0 Å².